The molecule has 0 aromatic heterocycles. The molecule has 4 N–H and O–H groups in total. The van der Waals surface area contributed by atoms with E-state index in [2.05, 4.69) is 10.6 Å². The van der Waals surface area contributed by atoms with Gasteiger partial charge in [-0.3, -0.25) is 4.79 Å². The first kappa shape index (κ1) is 19.5. The van der Waals surface area contributed by atoms with Crippen molar-refractivity contribution in [2.45, 2.75) is 32.0 Å². The van der Waals surface area contributed by atoms with Crippen molar-refractivity contribution in [1.82, 2.24) is 10.6 Å². The van der Waals surface area contributed by atoms with Crippen molar-refractivity contribution in [2.75, 3.05) is 6.54 Å². The zero-order valence-corrected chi connectivity index (χ0v) is 14.7. The molecule has 6 heteroatoms. The first-order valence-corrected chi connectivity index (χ1v) is 8.67. The van der Waals surface area contributed by atoms with Gasteiger partial charge < -0.3 is 21.1 Å². The zero-order valence-electron chi connectivity index (χ0n) is 14.7. The molecule has 26 heavy (non-hydrogen) atoms. The number of hydrogen-bond acceptors (Lipinski definition) is 4. The SMILES string of the molecule is NC(CCCNC(=O)OCc1ccccc1)C(=O)NCc1ccccc1. The van der Waals surface area contributed by atoms with E-state index in [4.69, 9.17) is 10.5 Å². The molecule has 0 aliphatic heterocycles. The molecule has 0 saturated carbocycles. The summed E-state index contributed by atoms with van der Waals surface area (Å²) in [4.78, 5) is 23.6. The lowest BCUT2D eigenvalue weighted by atomic mass is 10.1. The fourth-order valence-corrected chi connectivity index (χ4v) is 2.33. The van der Waals surface area contributed by atoms with E-state index >= 15 is 0 Å². The molecule has 1 atom stereocenters. The van der Waals surface area contributed by atoms with E-state index in [0.29, 0.717) is 25.9 Å². The molecule has 0 bridgehead atoms. The van der Waals surface area contributed by atoms with Gasteiger partial charge in [-0.25, -0.2) is 4.79 Å². The predicted molar refractivity (Wildman–Crippen MR) is 100 cm³/mol. The van der Waals surface area contributed by atoms with Crippen molar-refractivity contribution in [3.8, 4) is 0 Å². The van der Waals surface area contributed by atoms with E-state index in [1.807, 2.05) is 60.7 Å². The standard InChI is InChI=1S/C20H25N3O3/c21-18(19(24)23-14-16-8-3-1-4-9-16)12-7-13-22-20(25)26-15-17-10-5-2-6-11-17/h1-6,8-11,18H,7,12-15,21H2,(H,22,25)(H,23,24). The normalized spacial score (nSPS) is 11.4. The Morgan fingerprint density at radius 3 is 2.19 bits per heavy atom. The van der Waals surface area contributed by atoms with E-state index in [9.17, 15) is 9.59 Å². The second-order valence-electron chi connectivity index (χ2n) is 5.94. The maximum Gasteiger partial charge on any atom is 0.407 e. The van der Waals surface area contributed by atoms with Gasteiger partial charge in [-0.15, -0.1) is 0 Å². The van der Waals surface area contributed by atoms with Crippen LogP contribution in [0, 0.1) is 0 Å². The number of benzene rings is 2. The zero-order chi connectivity index (χ0) is 18.6. The monoisotopic (exact) mass is 355 g/mol. The summed E-state index contributed by atoms with van der Waals surface area (Å²) in [6.07, 6.45) is 0.607. The predicted octanol–water partition coefficient (Wildman–Crippen LogP) is 2.34. The van der Waals surface area contributed by atoms with E-state index in [1.165, 1.54) is 0 Å². The molecule has 2 amide bonds. The maximum atomic E-state index is 12.0. The van der Waals surface area contributed by atoms with Crippen LogP contribution in [0.4, 0.5) is 4.79 Å². The van der Waals surface area contributed by atoms with E-state index in [1.54, 1.807) is 0 Å². The summed E-state index contributed by atoms with van der Waals surface area (Å²) in [5, 5.41) is 5.47. The minimum Gasteiger partial charge on any atom is -0.445 e. The van der Waals surface area contributed by atoms with Crippen molar-refractivity contribution in [2.24, 2.45) is 5.73 Å². The van der Waals surface area contributed by atoms with Crippen LogP contribution >= 0.6 is 0 Å². The van der Waals surface area contributed by atoms with Crippen LogP contribution in [0.2, 0.25) is 0 Å². The molecule has 0 fully saturated rings. The fourth-order valence-electron chi connectivity index (χ4n) is 2.33. The number of carbonyl (C=O) groups is 2. The van der Waals surface area contributed by atoms with Gasteiger partial charge in [0.05, 0.1) is 6.04 Å². The Kier molecular flexibility index (Phi) is 8.15. The highest BCUT2D eigenvalue weighted by atomic mass is 16.5. The summed E-state index contributed by atoms with van der Waals surface area (Å²) >= 11 is 0. The average Bonchev–Trinajstić information content (AvgIpc) is 2.69. The van der Waals surface area contributed by atoms with Gasteiger partial charge in [0.15, 0.2) is 0 Å². The van der Waals surface area contributed by atoms with Gasteiger partial charge in [0.25, 0.3) is 0 Å². The summed E-state index contributed by atoms with van der Waals surface area (Å²) in [5.74, 6) is -0.194. The highest BCUT2D eigenvalue weighted by Gasteiger charge is 2.12. The molecule has 2 aromatic carbocycles. The Labute approximate surface area is 153 Å². The highest BCUT2D eigenvalue weighted by Crippen LogP contribution is 2.01. The van der Waals surface area contributed by atoms with Crippen LogP contribution in [0.25, 0.3) is 0 Å². The van der Waals surface area contributed by atoms with E-state index in [-0.39, 0.29) is 12.5 Å². The number of ether oxygens (including phenoxy) is 1. The van der Waals surface area contributed by atoms with Crippen LogP contribution in [0.15, 0.2) is 60.7 Å². The maximum absolute atomic E-state index is 12.0. The molecule has 6 nitrogen and oxygen atoms in total. The molecule has 0 heterocycles. The first-order chi connectivity index (χ1) is 12.6. The lowest BCUT2D eigenvalue weighted by molar-refractivity contribution is -0.122. The van der Waals surface area contributed by atoms with Crippen LogP contribution in [-0.4, -0.2) is 24.6 Å². The molecular weight excluding hydrogens is 330 g/mol. The quantitative estimate of drug-likeness (QED) is 0.602. The Bertz CT molecular complexity index is 677. The number of hydrogen-bond donors (Lipinski definition) is 3. The second kappa shape index (κ2) is 10.9. The van der Waals surface area contributed by atoms with Crippen molar-refractivity contribution >= 4 is 12.0 Å². The number of nitrogens with one attached hydrogen (secondary N) is 2. The van der Waals surface area contributed by atoms with Crippen molar-refractivity contribution in [1.29, 1.82) is 0 Å². The summed E-state index contributed by atoms with van der Waals surface area (Å²) in [7, 11) is 0. The van der Waals surface area contributed by atoms with Crippen LogP contribution in [-0.2, 0) is 22.7 Å². The van der Waals surface area contributed by atoms with Crippen molar-refractivity contribution in [3.63, 3.8) is 0 Å². The van der Waals surface area contributed by atoms with Crippen molar-refractivity contribution < 1.29 is 14.3 Å². The van der Waals surface area contributed by atoms with Crippen LogP contribution < -0.4 is 16.4 Å². The number of alkyl carbamates (subject to hydrolysis) is 1. The van der Waals surface area contributed by atoms with Crippen molar-refractivity contribution in [3.05, 3.63) is 71.8 Å². The number of carbonyl (C=O) groups excluding carboxylic acids is 2. The Balaban J connectivity index is 1.55. The minimum absolute atomic E-state index is 0.194. The summed E-state index contributed by atoms with van der Waals surface area (Å²) in [6, 6.07) is 18.5. The smallest absolute Gasteiger partial charge is 0.407 e. The van der Waals surface area contributed by atoms with Crippen LogP contribution in [0.5, 0.6) is 0 Å². The van der Waals surface area contributed by atoms with Gasteiger partial charge in [0.2, 0.25) is 5.91 Å². The number of rotatable bonds is 9. The molecule has 2 rings (SSSR count). The molecular formula is C20H25N3O3. The van der Waals surface area contributed by atoms with Gasteiger partial charge in [-0.2, -0.15) is 0 Å². The van der Waals surface area contributed by atoms with Gasteiger partial charge in [-0.05, 0) is 24.0 Å². The van der Waals surface area contributed by atoms with Gasteiger partial charge in [-0.1, -0.05) is 60.7 Å². The van der Waals surface area contributed by atoms with Gasteiger partial charge in [0.1, 0.15) is 6.61 Å². The first-order valence-electron chi connectivity index (χ1n) is 8.67. The molecule has 0 aliphatic rings. The van der Waals surface area contributed by atoms with E-state index < -0.39 is 12.1 Å². The average molecular weight is 355 g/mol. The highest BCUT2D eigenvalue weighted by molar-refractivity contribution is 5.81. The molecule has 0 spiro atoms. The molecule has 0 aliphatic carbocycles. The lowest BCUT2D eigenvalue weighted by Gasteiger charge is -2.12. The Hall–Kier alpha value is -2.86. The van der Waals surface area contributed by atoms with Gasteiger partial charge >= 0.3 is 6.09 Å². The molecule has 0 radical (unpaired) electrons. The second-order valence-corrected chi connectivity index (χ2v) is 5.94. The topological polar surface area (TPSA) is 93.4 Å². The molecule has 2 aromatic rings. The summed E-state index contributed by atoms with van der Waals surface area (Å²) < 4.78 is 5.11. The Morgan fingerprint density at radius 2 is 1.54 bits per heavy atom. The molecule has 138 valence electrons. The van der Waals surface area contributed by atoms with Gasteiger partial charge in [0, 0.05) is 13.1 Å². The fraction of sp³-hybridized carbons (Fsp3) is 0.300. The third-order valence-corrected chi connectivity index (χ3v) is 3.82. The number of nitrogens with two attached hydrogens (primary N) is 1. The minimum atomic E-state index is -0.596. The number of amides is 2. The summed E-state index contributed by atoms with van der Waals surface area (Å²) in [5.41, 5.74) is 7.83. The lowest BCUT2D eigenvalue weighted by Crippen LogP contribution is -2.40. The third kappa shape index (κ3) is 7.36. The largest absolute Gasteiger partial charge is 0.445 e. The van der Waals surface area contributed by atoms with E-state index in [0.717, 1.165) is 11.1 Å². The van der Waals surface area contributed by atoms with Crippen LogP contribution in [0.1, 0.15) is 24.0 Å². The van der Waals surface area contributed by atoms with Crippen LogP contribution in [0.3, 0.4) is 0 Å². The molecule has 0 saturated heterocycles. The molecule has 1 unspecified atom stereocenters. The third-order valence-electron chi connectivity index (χ3n) is 3.82. The Morgan fingerprint density at radius 1 is 0.923 bits per heavy atom. The summed E-state index contributed by atoms with van der Waals surface area (Å²) in [6.45, 7) is 1.10.